The molecule has 250 valence electrons. The molecule has 0 aliphatic carbocycles. The molecule has 0 aliphatic rings. The molecule has 4 rings (SSSR count). The number of nitrogens with zero attached hydrogens (tertiary/aromatic N) is 2. The summed E-state index contributed by atoms with van der Waals surface area (Å²) in [5, 5.41) is 14.4. The first kappa shape index (κ1) is 35.0. The van der Waals surface area contributed by atoms with Crippen LogP contribution in [0, 0.1) is 18.6 Å². The molecule has 3 N–H and O–H groups in total. The van der Waals surface area contributed by atoms with Gasteiger partial charge in [0.2, 0.25) is 0 Å². The van der Waals surface area contributed by atoms with E-state index in [0.29, 0.717) is 18.1 Å². The number of aliphatic carboxylic acids is 1. The number of benzene rings is 3. The second-order valence-corrected chi connectivity index (χ2v) is 10.7. The zero-order valence-corrected chi connectivity index (χ0v) is 25.5. The number of alkyl halides is 3. The average molecular weight is 661 g/mol. The van der Waals surface area contributed by atoms with Crippen LogP contribution in [0.2, 0.25) is 0 Å². The third-order valence-corrected chi connectivity index (χ3v) is 7.61. The first-order chi connectivity index (χ1) is 22.3. The zero-order chi connectivity index (χ0) is 34.3. The number of hydrogen-bond acceptors (Lipinski definition) is 6. The maximum atomic E-state index is 16.0. The molecular formula is C33H33F5N4O5. The molecule has 0 fully saturated rings. The minimum atomic E-state index is -4.95. The summed E-state index contributed by atoms with van der Waals surface area (Å²) in [4.78, 5) is 38.6. The zero-order valence-electron chi connectivity index (χ0n) is 25.5. The highest BCUT2D eigenvalue weighted by molar-refractivity contribution is 5.69. The molecule has 4 aromatic rings. The molecular weight excluding hydrogens is 627 g/mol. The monoisotopic (exact) mass is 660 g/mol. The second kappa shape index (κ2) is 15.2. The van der Waals surface area contributed by atoms with Gasteiger partial charge >= 0.3 is 17.8 Å². The van der Waals surface area contributed by atoms with Crippen molar-refractivity contribution in [1.82, 2.24) is 19.8 Å². The van der Waals surface area contributed by atoms with Gasteiger partial charge in [0.25, 0.3) is 5.56 Å². The van der Waals surface area contributed by atoms with Crippen molar-refractivity contribution in [2.24, 2.45) is 0 Å². The lowest BCUT2D eigenvalue weighted by Crippen LogP contribution is -2.44. The van der Waals surface area contributed by atoms with Crippen molar-refractivity contribution >= 4 is 5.97 Å². The van der Waals surface area contributed by atoms with Gasteiger partial charge in [-0.2, -0.15) is 13.2 Å². The van der Waals surface area contributed by atoms with Gasteiger partial charge in [-0.15, -0.1) is 0 Å². The third kappa shape index (κ3) is 8.13. The van der Waals surface area contributed by atoms with Crippen LogP contribution in [0.3, 0.4) is 0 Å². The largest absolute Gasteiger partial charge is 0.490 e. The van der Waals surface area contributed by atoms with E-state index >= 15 is 4.39 Å². The van der Waals surface area contributed by atoms with Crippen molar-refractivity contribution in [3.8, 4) is 16.9 Å². The van der Waals surface area contributed by atoms with E-state index in [4.69, 9.17) is 9.84 Å². The number of nitrogens with one attached hydrogen (secondary N) is 2. The molecule has 3 aromatic carbocycles. The SMILES string of the molecule is CN[C@@H](Cn1c(=O)c(-c2cccc(OCCCNCC(=O)O)c2F)c(C)n(Cc2c(F)cccc2C(F)(F)F)c1=O)c1ccccc1. The van der Waals surface area contributed by atoms with Crippen molar-refractivity contribution in [2.45, 2.75) is 38.7 Å². The summed E-state index contributed by atoms with van der Waals surface area (Å²) in [5.41, 5.74) is -4.09. The maximum Gasteiger partial charge on any atom is 0.416 e. The number of carbonyl (C=O) groups is 1. The average Bonchev–Trinajstić information content (AvgIpc) is 3.03. The van der Waals surface area contributed by atoms with Crippen molar-refractivity contribution < 1.29 is 36.6 Å². The number of carboxylic acid groups (broad SMARTS) is 1. The Hall–Kier alpha value is -4.82. The quantitative estimate of drug-likeness (QED) is 0.132. The van der Waals surface area contributed by atoms with Gasteiger partial charge in [-0.05, 0) is 50.7 Å². The fourth-order valence-electron chi connectivity index (χ4n) is 5.22. The molecule has 47 heavy (non-hydrogen) atoms. The molecule has 0 aliphatic heterocycles. The van der Waals surface area contributed by atoms with Gasteiger partial charge in [0.1, 0.15) is 5.82 Å². The standard InChI is InChI=1S/C33H33F5N4O5/c1-20-29(22-11-6-14-27(30(22)35)47-16-8-15-40-17-28(43)44)31(45)42(19-26(39-2)21-9-4-3-5-10-21)32(46)41(20)18-23-24(33(36,37)38)12-7-13-25(23)34/h3-7,9-14,26,39-40H,8,15-19H2,1-2H3,(H,43,44)/t26-/m0/s1. The second-order valence-electron chi connectivity index (χ2n) is 10.7. The maximum absolute atomic E-state index is 16.0. The van der Waals surface area contributed by atoms with Crippen LogP contribution in [0.1, 0.15) is 34.8 Å². The molecule has 14 heteroatoms. The summed E-state index contributed by atoms with van der Waals surface area (Å²) >= 11 is 0. The molecule has 0 saturated carbocycles. The van der Waals surface area contributed by atoms with Crippen molar-refractivity contribution in [3.63, 3.8) is 0 Å². The summed E-state index contributed by atoms with van der Waals surface area (Å²) < 4.78 is 79.9. The molecule has 1 heterocycles. The van der Waals surface area contributed by atoms with E-state index in [1.165, 1.54) is 25.1 Å². The van der Waals surface area contributed by atoms with Crippen LogP contribution in [-0.2, 0) is 24.1 Å². The highest BCUT2D eigenvalue weighted by atomic mass is 19.4. The molecule has 1 atom stereocenters. The number of carboxylic acids is 1. The lowest BCUT2D eigenvalue weighted by atomic mass is 10.0. The molecule has 0 spiro atoms. The molecule has 0 bridgehead atoms. The first-order valence-electron chi connectivity index (χ1n) is 14.6. The molecule has 9 nitrogen and oxygen atoms in total. The summed E-state index contributed by atoms with van der Waals surface area (Å²) in [7, 11) is 1.60. The topological polar surface area (TPSA) is 115 Å². The number of hydrogen-bond donors (Lipinski definition) is 3. The fraction of sp³-hybridized carbons (Fsp3) is 0.303. The van der Waals surface area contributed by atoms with E-state index in [1.807, 2.05) is 0 Å². The summed E-state index contributed by atoms with van der Waals surface area (Å²) in [5.74, 6) is -3.45. The Bertz CT molecular complexity index is 1840. The van der Waals surface area contributed by atoms with Crippen LogP contribution >= 0.6 is 0 Å². The summed E-state index contributed by atoms with van der Waals surface area (Å²) in [6.45, 7) is 0.105. The van der Waals surface area contributed by atoms with Gasteiger partial charge in [0, 0.05) is 16.8 Å². The Morgan fingerprint density at radius 2 is 1.68 bits per heavy atom. The highest BCUT2D eigenvalue weighted by Crippen LogP contribution is 2.34. The Kier molecular flexibility index (Phi) is 11.3. The van der Waals surface area contributed by atoms with Crippen LogP contribution in [0.5, 0.6) is 5.75 Å². The van der Waals surface area contributed by atoms with Crippen LogP contribution < -0.4 is 26.6 Å². The van der Waals surface area contributed by atoms with Crippen LogP contribution in [0.4, 0.5) is 22.0 Å². The van der Waals surface area contributed by atoms with Gasteiger partial charge in [-0.3, -0.25) is 18.7 Å². The van der Waals surface area contributed by atoms with Crippen LogP contribution in [-0.4, -0.2) is 47.0 Å². The number of halogens is 5. The normalized spacial score (nSPS) is 12.2. The Morgan fingerprint density at radius 3 is 2.34 bits per heavy atom. The molecule has 1 aromatic heterocycles. The lowest BCUT2D eigenvalue weighted by Gasteiger charge is -2.23. The van der Waals surface area contributed by atoms with Crippen molar-refractivity contribution in [2.75, 3.05) is 26.7 Å². The number of aromatic nitrogens is 2. The van der Waals surface area contributed by atoms with Crippen LogP contribution in [0.15, 0.2) is 76.3 Å². The molecule has 0 saturated heterocycles. The van der Waals surface area contributed by atoms with Gasteiger partial charge < -0.3 is 20.5 Å². The van der Waals surface area contributed by atoms with Gasteiger partial charge in [-0.25, -0.2) is 13.6 Å². The van der Waals surface area contributed by atoms with Gasteiger partial charge in [0.05, 0.1) is 43.4 Å². The minimum absolute atomic E-state index is 0.00979. The number of rotatable bonds is 14. The molecule has 0 radical (unpaired) electrons. The molecule has 0 amide bonds. The van der Waals surface area contributed by atoms with E-state index in [1.54, 1.807) is 37.4 Å². The van der Waals surface area contributed by atoms with E-state index in [2.05, 4.69) is 10.6 Å². The third-order valence-electron chi connectivity index (χ3n) is 7.61. The smallest absolute Gasteiger partial charge is 0.416 e. The fourth-order valence-corrected chi connectivity index (χ4v) is 5.22. The first-order valence-corrected chi connectivity index (χ1v) is 14.6. The van der Waals surface area contributed by atoms with Gasteiger partial charge in [0.15, 0.2) is 11.6 Å². The van der Waals surface area contributed by atoms with E-state index in [9.17, 15) is 31.9 Å². The summed E-state index contributed by atoms with van der Waals surface area (Å²) in [6, 6.07) is 14.6. The predicted octanol–water partition coefficient (Wildman–Crippen LogP) is 4.73. The predicted molar refractivity (Wildman–Crippen MR) is 164 cm³/mol. The van der Waals surface area contributed by atoms with Crippen LogP contribution in [0.25, 0.3) is 11.1 Å². The van der Waals surface area contributed by atoms with E-state index in [0.717, 1.165) is 21.3 Å². The van der Waals surface area contributed by atoms with Crippen molar-refractivity contribution in [3.05, 3.63) is 122 Å². The number of likely N-dealkylation sites (N-methyl/N-ethyl adjacent to an activating group) is 1. The number of ether oxygens (including phenoxy) is 1. The summed E-state index contributed by atoms with van der Waals surface area (Å²) in [6.07, 6.45) is -4.62. The Morgan fingerprint density at radius 1 is 0.979 bits per heavy atom. The highest BCUT2D eigenvalue weighted by Gasteiger charge is 2.35. The van der Waals surface area contributed by atoms with E-state index in [-0.39, 0.29) is 48.8 Å². The van der Waals surface area contributed by atoms with Gasteiger partial charge in [-0.1, -0.05) is 48.5 Å². The lowest BCUT2D eigenvalue weighted by molar-refractivity contribution is -0.138. The Labute approximate surface area is 266 Å². The minimum Gasteiger partial charge on any atom is -0.490 e. The van der Waals surface area contributed by atoms with Crippen molar-refractivity contribution in [1.29, 1.82) is 0 Å². The Balaban J connectivity index is 1.86. The van der Waals surface area contributed by atoms with E-state index < -0.39 is 58.7 Å². The molecule has 0 unspecified atom stereocenters.